The third kappa shape index (κ3) is 2.34. The average molecular weight is 318 g/mol. The molecule has 0 unspecified atom stereocenters. The summed E-state index contributed by atoms with van der Waals surface area (Å²) in [6.07, 6.45) is 1.95. The fraction of sp³-hybridized carbons (Fsp3) is 0.0500. The predicted octanol–water partition coefficient (Wildman–Crippen LogP) is 5.18. The summed E-state index contributed by atoms with van der Waals surface area (Å²) in [5, 5.41) is 2.22. The number of benzene rings is 3. The average Bonchev–Trinajstić information content (AvgIpc) is 2.91. The second-order valence-electron chi connectivity index (χ2n) is 5.34. The Bertz CT molecular complexity index is 957. The van der Waals surface area contributed by atoms with Gasteiger partial charge < -0.3 is 4.74 Å². The lowest BCUT2D eigenvalue weighted by Gasteiger charge is -2.09. The van der Waals surface area contributed by atoms with E-state index in [2.05, 4.69) is 12.1 Å². The first-order chi connectivity index (χ1) is 11.3. The molecule has 112 valence electrons. The number of thioether (sulfide) groups is 1. The Balaban J connectivity index is 1.89. The quantitative estimate of drug-likeness (QED) is 0.609. The summed E-state index contributed by atoms with van der Waals surface area (Å²) in [6, 6.07) is 19.8. The minimum Gasteiger partial charge on any atom is -0.496 e. The second kappa shape index (κ2) is 5.60. The molecular weight excluding hydrogens is 304 g/mol. The van der Waals surface area contributed by atoms with Crippen molar-refractivity contribution in [3.8, 4) is 5.75 Å². The van der Waals surface area contributed by atoms with Crippen molar-refractivity contribution in [1.29, 1.82) is 0 Å². The first-order valence-electron chi connectivity index (χ1n) is 7.37. The first kappa shape index (κ1) is 14.1. The van der Waals surface area contributed by atoms with Gasteiger partial charge in [0.15, 0.2) is 0 Å². The van der Waals surface area contributed by atoms with Crippen LogP contribution in [0.15, 0.2) is 70.5 Å². The number of Topliss-reactive ketones (excluding diaryl/α,β-unsaturated/α-hetero) is 1. The van der Waals surface area contributed by atoms with Gasteiger partial charge in [-0.15, -0.1) is 0 Å². The van der Waals surface area contributed by atoms with Crippen molar-refractivity contribution in [1.82, 2.24) is 0 Å². The Morgan fingerprint density at radius 3 is 2.57 bits per heavy atom. The van der Waals surface area contributed by atoms with E-state index in [0.717, 1.165) is 37.4 Å². The molecule has 1 aliphatic heterocycles. The van der Waals surface area contributed by atoms with Gasteiger partial charge in [0.25, 0.3) is 0 Å². The van der Waals surface area contributed by atoms with Crippen molar-refractivity contribution in [3.63, 3.8) is 0 Å². The summed E-state index contributed by atoms with van der Waals surface area (Å²) in [5.41, 5.74) is 1.73. The van der Waals surface area contributed by atoms with Crippen LogP contribution in [-0.4, -0.2) is 12.9 Å². The molecule has 0 amide bonds. The van der Waals surface area contributed by atoms with Gasteiger partial charge in [0.2, 0.25) is 5.78 Å². The van der Waals surface area contributed by atoms with Crippen LogP contribution in [0.2, 0.25) is 0 Å². The molecule has 2 nitrogen and oxygen atoms in total. The van der Waals surface area contributed by atoms with E-state index in [1.54, 1.807) is 7.11 Å². The molecule has 0 bridgehead atoms. The predicted molar refractivity (Wildman–Crippen MR) is 95.1 cm³/mol. The van der Waals surface area contributed by atoms with E-state index in [4.69, 9.17) is 4.74 Å². The molecule has 0 saturated carbocycles. The third-order valence-corrected chi connectivity index (χ3v) is 5.10. The van der Waals surface area contributed by atoms with Gasteiger partial charge in [-0.2, -0.15) is 0 Å². The summed E-state index contributed by atoms with van der Waals surface area (Å²) < 4.78 is 5.51. The summed E-state index contributed by atoms with van der Waals surface area (Å²) in [6.45, 7) is 0. The van der Waals surface area contributed by atoms with E-state index in [-0.39, 0.29) is 5.78 Å². The number of carbonyl (C=O) groups excluding carboxylic acids is 1. The SMILES string of the molecule is COc1ccc2ccccc2c1/C=C1\Sc2ccccc2C1=O. The van der Waals surface area contributed by atoms with Gasteiger partial charge in [0.05, 0.1) is 12.0 Å². The summed E-state index contributed by atoms with van der Waals surface area (Å²) in [5.74, 6) is 0.862. The maximum absolute atomic E-state index is 12.6. The molecule has 0 spiro atoms. The second-order valence-corrected chi connectivity index (χ2v) is 6.42. The highest BCUT2D eigenvalue weighted by Gasteiger charge is 2.25. The zero-order valence-electron chi connectivity index (χ0n) is 12.6. The maximum Gasteiger partial charge on any atom is 0.200 e. The van der Waals surface area contributed by atoms with Crippen molar-refractivity contribution >= 4 is 34.4 Å². The molecule has 0 radical (unpaired) electrons. The van der Waals surface area contributed by atoms with Crippen LogP contribution in [0.3, 0.4) is 0 Å². The summed E-state index contributed by atoms with van der Waals surface area (Å²) in [4.78, 5) is 14.4. The van der Waals surface area contributed by atoms with Gasteiger partial charge in [-0.05, 0) is 35.0 Å². The Morgan fingerprint density at radius 1 is 0.957 bits per heavy atom. The van der Waals surface area contributed by atoms with Crippen molar-refractivity contribution in [2.75, 3.05) is 7.11 Å². The lowest BCUT2D eigenvalue weighted by atomic mass is 10.0. The largest absolute Gasteiger partial charge is 0.496 e. The van der Waals surface area contributed by atoms with Crippen molar-refractivity contribution in [3.05, 3.63) is 76.7 Å². The first-order valence-corrected chi connectivity index (χ1v) is 8.18. The van der Waals surface area contributed by atoms with Gasteiger partial charge >= 0.3 is 0 Å². The normalized spacial score (nSPS) is 15.2. The number of hydrogen-bond acceptors (Lipinski definition) is 3. The molecule has 1 heterocycles. The van der Waals surface area contributed by atoms with Crippen LogP contribution in [0.5, 0.6) is 5.75 Å². The van der Waals surface area contributed by atoms with E-state index in [9.17, 15) is 4.79 Å². The van der Waals surface area contributed by atoms with Gasteiger partial charge in [-0.1, -0.05) is 54.2 Å². The molecule has 3 heteroatoms. The highest BCUT2D eigenvalue weighted by Crippen LogP contribution is 2.42. The lowest BCUT2D eigenvalue weighted by Crippen LogP contribution is -1.95. The van der Waals surface area contributed by atoms with E-state index >= 15 is 0 Å². The van der Waals surface area contributed by atoms with Crippen LogP contribution >= 0.6 is 11.8 Å². The Hall–Kier alpha value is -2.52. The number of hydrogen-bond donors (Lipinski definition) is 0. The van der Waals surface area contributed by atoms with Crippen LogP contribution in [0.25, 0.3) is 16.8 Å². The Kier molecular flexibility index (Phi) is 3.43. The molecule has 0 fully saturated rings. The number of fused-ring (bicyclic) bond motifs is 2. The Morgan fingerprint density at radius 2 is 1.74 bits per heavy atom. The van der Waals surface area contributed by atoms with Gasteiger partial charge in [-0.25, -0.2) is 0 Å². The number of ketones is 1. The van der Waals surface area contributed by atoms with E-state index in [1.165, 1.54) is 11.8 Å². The minimum atomic E-state index is 0.0839. The molecule has 3 aromatic rings. The standard InChI is InChI=1S/C20H14O2S/c1-22-17-11-10-13-6-2-3-7-14(13)16(17)12-19-20(21)15-8-4-5-9-18(15)23-19/h2-12H,1H3/b19-12-. The van der Waals surface area contributed by atoms with Crippen LogP contribution in [0, 0.1) is 0 Å². The van der Waals surface area contributed by atoms with Crippen LogP contribution < -0.4 is 4.74 Å². The molecule has 0 atom stereocenters. The molecule has 0 N–H and O–H groups in total. The van der Waals surface area contributed by atoms with Crippen molar-refractivity contribution < 1.29 is 9.53 Å². The number of ether oxygens (including phenoxy) is 1. The van der Waals surface area contributed by atoms with E-state index in [1.807, 2.05) is 54.6 Å². The topological polar surface area (TPSA) is 26.3 Å². The van der Waals surface area contributed by atoms with Crippen LogP contribution in [0.4, 0.5) is 0 Å². The molecule has 23 heavy (non-hydrogen) atoms. The van der Waals surface area contributed by atoms with E-state index < -0.39 is 0 Å². The Labute approximate surface area is 138 Å². The summed E-state index contributed by atoms with van der Waals surface area (Å²) in [7, 11) is 1.66. The van der Waals surface area contributed by atoms with Crippen molar-refractivity contribution in [2.24, 2.45) is 0 Å². The smallest absolute Gasteiger partial charge is 0.200 e. The fourth-order valence-corrected chi connectivity index (χ4v) is 3.90. The zero-order valence-corrected chi connectivity index (χ0v) is 13.4. The van der Waals surface area contributed by atoms with Gasteiger partial charge in [0.1, 0.15) is 5.75 Å². The van der Waals surface area contributed by atoms with E-state index in [0.29, 0.717) is 0 Å². The number of allylic oxidation sites excluding steroid dienone is 1. The van der Waals surface area contributed by atoms with Crippen molar-refractivity contribution in [2.45, 2.75) is 4.90 Å². The van der Waals surface area contributed by atoms with Gasteiger partial charge in [0, 0.05) is 16.0 Å². The molecular formula is C20H14O2S. The molecule has 1 aliphatic rings. The highest BCUT2D eigenvalue weighted by molar-refractivity contribution is 8.04. The third-order valence-electron chi connectivity index (χ3n) is 4.00. The molecule has 0 saturated heterocycles. The lowest BCUT2D eigenvalue weighted by molar-refractivity contribution is 0.104. The molecule has 0 aliphatic carbocycles. The monoisotopic (exact) mass is 318 g/mol. The maximum atomic E-state index is 12.6. The number of rotatable bonds is 2. The minimum absolute atomic E-state index is 0.0839. The van der Waals surface area contributed by atoms with Crippen LogP contribution in [0.1, 0.15) is 15.9 Å². The molecule has 4 rings (SSSR count). The van der Waals surface area contributed by atoms with Gasteiger partial charge in [-0.3, -0.25) is 4.79 Å². The number of methoxy groups -OCH3 is 1. The molecule has 3 aromatic carbocycles. The molecule has 0 aromatic heterocycles. The highest BCUT2D eigenvalue weighted by atomic mass is 32.2. The van der Waals surface area contributed by atoms with Crippen LogP contribution in [-0.2, 0) is 0 Å². The zero-order chi connectivity index (χ0) is 15.8. The fourth-order valence-electron chi connectivity index (χ4n) is 2.87. The summed E-state index contributed by atoms with van der Waals surface area (Å²) >= 11 is 1.52. The number of carbonyl (C=O) groups is 1.